The summed E-state index contributed by atoms with van der Waals surface area (Å²) >= 11 is 0. The van der Waals surface area contributed by atoms with Gasteiger partial charge < -0.3 is 25.0 Å². The Labute approximate surface area is 112 Å². The van der Waals surface area contributed by atoms with Crippen molar-refractivity contribution < 1.29 is 24.5 Å². The molecule has 2 atom stereocenters. The van der Waals surface area contributed by atoms with Crippen LogP contribution in [0.4, 0.5) is 0 Å². The number of ether oxygens (including phenoxy) is 2. The number of rotatable bonds is 6. The zero-order valence-corrected chi connectivity index (χ0v) is 11.2. The van der Waals surface area contributed by atoms with E-state index in [1.807, 2.05) is 0 Å². The number of aliphatic hydroxyl groups is 2. The second kappa shape index (κ2) is 7.08. The number of carbonyl (C=O) groups is 1. The predicted octanol–water partition coefficient (Wildman–Crippen LogP) is 0.0955. The number of benzene rings is 1. The second-order valence-corrected chi connectivity index (χ2v) is 4.02. The molecule has 0 amide bonds. The monoisotopic (exact) mass is 269 g/mol. The number of aliphatic hydroxyl groups excluding tert-OH is 2. The van der Waals surface area contributed by atoms with Crippen LogP contribution < -0.4 is 10.1 Å². The summed E-state index contributed by atoms with van der Waals surface area (Å²) in [7, 11) is 4.39. The normalized spacial score (nSPS) is 13.7. The van der Waals surface area contributed by atoms with E-state index in [4.69, 9.17) is 4.74 Å². The van der Waals surface area contributed by atoms with Crippen molar-refractivity contribution in [2.75, 3.05) is 27.8 Å². The van der Waals surface area contributed by atoms with Crippen molar-refractivity contribution in [3.05, 3.63) is 29.3 Å². The zero-order chi connectivity index (χ0) is 14.4. The van der Waals surface area contributed by atoms with Gasteiger partial charge in [-0.15, -0.1) is 0 Å². The first-order valence-corrected chi connectivity index (χ1v) is 5.82. The largest absolute Gasteiger partial charge is 0.496 e. The molecule has 0 radical (unpaired) electrons. The topological polar surface area (TPSA) is 88.0 Å². The highest BCUT2D eigenvalue weighted by Crippen LogP contribution is 2.28. The van der Waals surface area contributed by atoms with E-state index in [-0.39, 0.29) is 12.1 Å². The molecule has 0 aromatic heterocycles. The molecule has 0 spiro atoms. The van der Waals surface area contributed by atoms with Gasteiger partial charge in [-0.05, 0) is 25.2 Å². The van der Waals surface area contributed by atoms with Gasteiger partial charge in [-0.1, -0.05) is 0 Å². The highest BCUT2D eigenvalue weighted by atomic mass is 16.5. The van der Waals surface area contributed by atoms with Crippen molar-refractivity contribution in [3.8, 4) is 5.75 Å². The van der Waals surface area contributed by atoms with E-state index < -0.39 is 18.2 Å². The number of likely N-dealkylation sites (N-methyl/N-ethyl adjacent to an activating group) is 1. The maximum atomic E-state index is 11.5. The Hall–Kier alpha value is -1.63. The fraction of sp³-hybridized carbons (Fsp3) is 0.462. The molecule has 0 heterocycles. The van der Waals surface area contributed by atoms with E-state index in [0.717, 1.165) is 0 Å². The molecule has 0 saturated carbocycles. The van der Waals surface area contributed by atoms with Crippen LogP contribution in [0.2, 0.25) is 0 Å². The van der Waals surface area contributed by atoms with Gasteiger partial charge in [0.2, 0.25) is 0 Å². The minimum Gasteiger partial charge on any atom is -0.496 e. The summed E-state index contributed by atoms with van der Waals surface area (Å²) in [6.07, 6.45) is -2.17. The first-order valence-electron chi connectivity index (χ1n) is 5.82. The van der Waals surface area contributed by atoms with Crippen molar-refractivity contribution in [1.29, 1.82) is 0 Å². The Kier molecular flexibility index (Phi) is 5.75. The average Bonchev–Trinajstić information content (AvgIpc) is 2.45. The summed E-state index contributed by atoms with van der Waals surface area (Å²) < 4.78 is 9.74. The number of carbonyl (C=O) groups excluding carboxylic acids is 1. The number of hydrogen-bond acceptors (Lipinski definition) is 6. The van der Waals surface area contributed by atoms with Crippen molar-refractivity contribution in [2.45, 2.75) is 12.2 Å². The third-order valence-corrected chi connectivity index (χ3v) is 2.75. The van der Waals surface area contributed by atoms with Gasteiger partial charge in [0.15, 0.2) is 0 Å². The van der Waals surface area contributed by atoms with Crippen molar-refractivity contribution in [2.24, 2.45) is 0 Å². The van der Waals surface area contributed by atoms with E-state index in [0.29, 0.717) is 11.3 Å². The molecule has 2 unspecified atom stereocenters. The van der Waals surface area contributed by atoms with E-state index in [2.05, 4.69) is 10.1 Å². The lowest BCUT2D eigenvalue weighted by molar-refractivity contribution is 0.0187. The molecule has 6 nitrogen and oxygen atoms in total. The molecule has 0 fully saturated rings. The quantitative estimate of drug-likeness (QED) is 0.635. The van der Waals surface area contributed by atoms with Crippen LogP contribution in [-0.2, 0) is 4.74 Å². The summed E-state index contributed by atoms with van der Waals surface area (Å²) in [4.78, 5) is 11.5. The summed E-state index contributed by atoms with van der Waals surface area (Å²) in [6, 6.07) is 4.54. The van der Waals surface area contributed by atoms with Crippen LogP contribution >= 0.6 is 0 Å². The lowest BCUT2D eigenvalue weighted by atomic mass is 10.0. The molecule has 1 rings (SSSR count). The lowest BCUT2D eigenvalue weighted by Crippen LogP contribution is -2.30. The minimum absolute atomic E-state index is 0.215. The fourth-order valence-electron chi connectivity index (χ4n) is 1.74. The maximum absolute atomic E-state index is 11.5. The molecule has 106 valence electrons. The van der Waals surface area contributed by atoms with Gasteiger partial charge in [-0.3, -0.25) is 0 Å². The van der Waals surface area contributed by atoms with Crippen LogP contribution in [-0.4, -0.2) is 50.1 Å². The Morgan fingerprint density at radius 2 is 2.05 bits per heavy atom. The van der Waals surface area contributed by atoms with Crippen molar-refractivity contribution in [3.63, 3.8) is 0 Å². The Balaban J connectivity index is 3.11. The second-order valence-electron chi connectivity index (χ2n) is 4.02. The van der Waals surface area contributed by atoms with Gasteiger partial charge in [-0.25, -0.2) is 4.79 Å². The Bertz CT molecular complexity index is 435. The summed E-state index contributed by atoms with van der Waals surface area (Å²) in [5.74, 6) is -0.116. The van der Waals surface area contributed by atoms with Gasteiger partial charge in [0, 0.05) is 12.1 Å². The molecule has 0 bridgehead atoms. The van der Waals surface area contributed by atoms with Gasteiger partial charge in [0.25, 0.3) is 0 Å². The van der Waals surface area contributed by atoms with E-state index in [9.17, 15) is 15.0 Å². The fourth-order valence-corrected chi connectivity index (χ4v) is 1.74. The van der Waals surface area contributed by atoms with Crippen LogP contribution in [0.25, 0.3) is 0 Å². The molecule has 0 aliphatic rings. The average molecular weight is 269 g/mol. The molecule has 1 aromatic carbocycles. The lowest BCUT2D eigenvalue weighted by Gasteiger charge is -2.20. The first kappa shape index (κ1) is 15.4. The third kappa shape index (κ3) is 3.66. The van der Waals surface area contributed by atoms with Crippen LogP contribution in [0.3, 0.4) is 0 Å². The molecular weight excluding hydrogens is 250 g/mol. The van der Waals surface area contributed by atoms with Crippen LogP contribution in [0.1, 0.15) is 22.0 Å². The molecule has 0 aliphatic carbocycles. The van der Waals surface area contributed by atoms with Crippen LogP contribution in [0.15, 0.2) is 18.2 Å². The van der Waals surface area contributed by atoms with Crippen LogP contribution in [0, 0.1) is 0 Å². The standard InChI is InChI=1S/C13H19NO5/c1-14-7-10(15)12(16)9-6-8(13(17)19-3)4-5-11(9)18-2/h4-6,10,12,14-16H,7H2,1-3H3. The van der Waals surface area contributed by atoms with Crippen molar-refractivity contribution >= 4 is 5.97 Å². The molecule has 0 aliphatic heterocycles. The summed E-state index contributed by atoms with van der Waals surface area (Å²) in [6.45, 7) is 0.215. The molecule has 3 N–H and O–H groups in total. The zero-order valence-electron chi connectivity index (χ0n) is 11.2. The molecule has 1 aromatic rings. The third-order valence-electron chi connectivity index (χ3n) is 2.75. The molecule has 0 saturated heterocycles. The Morgan fingerprint density at radius 3 is 2.58 bits per heavy atom. The maximum Gasteiger partial charge on any atom is 0.337 e. The highest BCUT2D eigenvalue weighted by Gasteiger charge is 2.22. The highest BCUT2D eigenvalue weighted by molar-refractivity contribution is 5.89. The van der Waals surface area contributed by atoms with Gasteiger partial charge in [-0.2, -0.15) is 0 Å². The smallest absolute Gasteiger partial charge is 0.337 e. The van der Waals surface area contributed by atoms with E-state index >= 15 is 0 Å². The van der Waals surface area contributed by atoms with Gasteiger partial charge in [0.05, 0.1) is 25.9 Å². The number of methoxy groups -OCH3 is 2. The SMILES string of the molecule is CNCC(O)C(O)c1cc(C(=O)OC)ccc1OC. The molecule has 19 heavy (non-hydrogen) atoms. The minimum atomic E-state index is -1.16. The molecule has 6 heteroatoms. The first-order chi connectivity index (χ1) is 9.04. The van der Waals surface area contributed by atoms with Gasteiger partial charge in [0.1, 0.15) is 11.9 Å². The predicted molar refractivity (Wildman–Crippen MR) is 69.2 cm³/mol. The van der Waals surface area contributed by atoms with Crippen LogP contribution in [0.5, 0.6) is 5.75 Å². The number of nitrogens with one attached hydrogen (secondary N) is 1. The number of hydrogen-bond donors (Lipinski definition) is 3. The Morgan fingerprint density at radius 1 is 1.37 bits per heavy atom. The summed E-state index contributed by atoms with van der Waals surface area (Å²) in [5, 5.41) is 22.6. The van der Waals surface area contributed by atoms with Gasteiger partial charge >= 0.3 is 5.97 Å². The number of esters is 1. The molecular formula is C13H19NO5. The van der Waals surface area contributed by atoms with E-state index in [1.165, 1.54) is 26.4 Å². The van der Waals surface area contributed by atoms with Crippen molar-refractivity contribution in [1.82, 2.24) is 5.32 Å². The summed E-state index contributed by atoms with van der Waals surface area (Å²) in [5.41, 5.74) is 0.627. The van der Waals surface area contributed by atoms with E-state index in [1.54, 1.807) is 13.1 Å².